The molecule has 0 aliphatic heterocycles. The Morgan fingerprint density at radius 3 is 2.30 bits per heavy atom. The van der Waals surface area contributed by atoms with Gasteiger partial charge in [-0.05, 0) is 43.3 Å². The number of carbonyl (C=O) groups excluding carboxylic acids is 1. The van der Waals surface area contributed by atoms with Crippen LogP contribution in [0, 0.1) is 6.92 Å². The molecule has 3 aromatic rings. The average molecular weight is 368 g/mol. The molecule has 0 fully saturated rings. The first-order valence-corrected chi connectivity index (χ1v) is 8.17. The average Bonchev–Trinajstić information content (AvgIpc) is 3.09. The summed E-state index contributed by atoms with van der Waals surface area (Å²) in [5, 5.41) is 10.9. The van der Waals surface area contributed by atoms with Crippen LogP contribution in [-0.2, 0) is 0 Å². The predicted octanol–water partition coefficient (Wildman–Crippen LogP) is 2.85. The summed E-state index contributed by atoms with van der Waals surface area (Å²) in [6, 6.07) is 12.4. The molecule has 0 aliphatic carbocycles. The van der Waals surface area contributed by atoms with Gasteiger partial charge in [-0.25, -0.2) is 4.68 Å². The molecular weight excluding hydrogens is 348 g/mol. The number of methoxy groups -OCH3 is 3. The predicted molar refractivity (Wildman–Crippen MR) is 100 cm³/mol. The molecule has 1 N–H and O–H groups in total. The molecule has 0 aliphatic rings. The van der Waals surface area contributed by atoms with E-state index in [-0.39, 0.29) is 11.6 Å². The number of anilines is 1. The minimum Gasteiger partial charge on any atom is -0.497 e. The number of nitrogens with zero attached hydrogens (tertiary/aromatic N) is 3. The van der Waals surface area contributed by atoms with E-state index in [1.165, 1.54) is 7.11 Å². The third kappa shape index (κ3) is 3.69. The molecule has 27 heavy (non-hydrogen) atoms. The summed E-state index contributed by atoms with van der Waals surface area (Å²) in [6.45, 7) is 1.79. The second-order valence-electron chi connectivity index (χ2n) is 5.66. The van der Waals surface area contributed by atoms with Crippen LogP contribution in [0.2, 0.25) is 0 Å². The summed E-state index contributed by atoms with van der Waals surface area (Å²) in [5.41, 5.74) is 2.21. The number of ether oxygens (including phenoxy) is 3. The van der Waals surface area contributed by atoms with Crippen molar-refractivity contribution in [3.05, 3.63) is 53.9 Å². The zero-order valence-corrected chi connectivity index (χ0v) is 15.5. The maximum Gasteiger partial charge on any atom is 0.278 e. The van der Waals surface area contributed by atoms with Crippen molar-refractivity contribution in [2.45, 2.75) is 6.92 Å². The Morgan fingerprint density at radius 1 is 0.963 bits per heavy atom. The molecule has 8 heteroatoms. The fourth-order valence-electron chi connectivity index (χ4n) is 2.61. The minimum atomic E-state index is -0.362. The van der Waals surface area contributed by atoms with Gasteiger partial charge >= 0.3 is 0 Å². The van der Waals surface area contributed by atoms with Crippen molar-refractivity contribution in [2.75, 3.05) is 26.6 Å². The quantitative estimate of drug-likeness (QED) is 0.720. The fraction of sp³-hybridized carbons (Fsp3) is 0.211. The lowest BCUT2D eigenvalue weighted by molar-refractivity contribution is 0.102. The van der Waals surface area contributed by atoms with Crippen molar-refractivity contribution in [2.24, 2.45) is 0 Å². The van der Waals surface area contributed by atoms with Gasteiger partial charge in [0.25, 0.3) is 5.91 Å². The number of hydrogen-bond donors (Lipinski definition) is 1. The Hall–Kier alpha value is -3.55. The van der Waals surface area contributed by atoms with E-state index in [1.807, 2.05) is 24.3 Å². The topological polar surface area (TPSA) is 87.5 Å². The van der Waals surface area contributed by atoms with Crippen molar-refractivity contribution in [1.29, 1.82) is 0 Å². The van der Waals surface area contributed by atoms with E-state index in [2.05, 4.69) is 15.6 Å². The molecule has 0 saturated carbocycles. The van der Waals surface area contributed by atoms with Crippen molar-refractivity contribution in [1.82, 2.24) is 15.0 Å². The van der Waals surface area contributed by atoms with Gasteiger partial charge in [0.15, 0.2) is 17.2 Å². The number of amides is 1. The first-order chi connectivity index (χ1) is 13.1. The van der Waals surface area contributed by atoms with Gasteiger partial charge in [0.1, 0.15) is 5.75 Å². The molecule has 1 aromatic heterocycles. The van der Waals surface area contributed by atoms with Gasteiger partial charge in [0, 0.05) is 11.8 Å². The molecule has 2 aromatic carbocycles. The number of rotatable bonds is 6. The SMILES string of the molecule is COc1ccc(-n2nnc(C(=O)Nc3ccc(OC)c(OC)c3)c2C)cc1. The highest BCUT2D eigenvalue weighted by atomic mass is 16.5. The molecule has 3 rings (SSSR count). The summed E-state index contributed by atoms with van der Waals surface area (Å²) in [4.78, 5) is 12.6. The Morgan fingerprint density at radius 2 is 1.67 bits per heavy atom. The van der Waals surface area contributed by atoms with E-state index in [0.29, 0.717) is 22.9 Å². The summed E-state index contributed by atoms with van der Waals surface area (Å²) in [7, 11) is 4.69. The molecular formula is C19H20N4O4. The van der Waals surface area contributed by atoms with Crippen LogP contribution in [0.4, 0.5) is 5.69 Å². The first-order valence-electron chi connectivity index (χ1n) is 8.17. The lowest BCUT2D eigenvalue weighted by atomic mass is 10.2. The highest BCUT2D eigenvalue weighted by Crippen LogP contribution is 2.30. The third-order valence-corrected chi connectivity index (χ3v) is 4.07. The van der Waals surface area contributed by atoms with Crippen LogP contribution >= 0.6 is 0 Å². The first kappa shape index (κ1) is 18.2. The highest BCUT2D eigenvalue weighted by Gasteiger charge is 2.18. The van der Waals surface area contributed by atoms with Gasteiger partial charge in [-0.3, -0.25) is 4.79 Å². The molecule has 0 saturated heterocycles. The van der Waals surface area contributed by atoms with Gasteiger partial charge in [0.2, 0.25) is 0 Å². The van der Waals surface area contributed by atoms with E-state index in [4.69, 9.17) is 14.2 Å². The molecule has 1 heterocycles. The maximum absolute atomic E-state index is 12.6. The third-order valence-electron chi connectivity index (χ3n) is 4.07. The Kier molecular flexibility index (Phi) is 5.25. The van der Waals surface area contributed by atoms with Crippen LogP contribution in [0.15, 0.2) is 42.5 Å². The number of aromatic nitrogens is 3. The Bertz CT molecular complexity index is 951. The molecule has 1 amide bonds. The zero-order valence-electron chi connectivity index (χ0n) is 15.5. The monoisotopic (exact) mass is 368 g/mol. The fourth-order valence-corrected chi connectivity index (χ4v) is 2.61. The molecule has 0 unspecified atom stereocenters. The molecule has 0 atom stereocenters. The Balaban J connectivity index is 1.82. The lowest BCUT2D eigenvalue weighted by Gasteiger charge is -2.10. The summed E-state index contributed by atoms with van der Waals surface area (Å²) in [5.74, 6) is 1.48. The lowest BCUT2D eigenvalue weighted by Crippen LogP contribution is -2.14. The number of hydrogen-bond acceptors (Lipinski definition) is 6. The smallest absolute Gasteiger partial charge is 0.278 e. The van der Waals surface area contributed by atoms with Gasteiger partial charge in [-0.15, -0.1) is 5.10 Å². The van der Waals surface area contributed by atoms with Crippen LogP contribution in [-0.4, -0.2) is 42.2 Å². The van der Waals surface area contributed by atoms with Crippen LogP contribution in [0.25, 0.3) is 5.69 Å². The maximum atomic E-state index is 12.6. The number of nitrogens with one attached hydrogen (secondary N) is 1. The molecule has 140 valence electrons. The van der Waals surface area contributed by atoms with E-state index in [9.17, 15) is 4.79 Å². The Labute approximate surface area is 156 Å². The summed E-state index contributed by atoms with van der Waals surface area (Å²) in [6.07, 6.45) is 0. The van der Waals surface area contributed by atoms with Crippen molar-refractivity contribution < 1.29 is 19.0 Å². The second-order valence-corrected chi connectivity index (χ2v) is 5.66. The number of carbonyl (C=O) groups is 1. The van der Waals surface area contributed by atoms with Gasteiger partial charge < -0.3 is 19.5 Å². The van der Waals surface area contributed by atoms with E-state index < -0.39 is 0 Å². The van der Waals surface area contributed by atoms with E-state index in [1.54, 1.807) is 44.0 Å². The second kappa shape index (κ2) is 7.77. The normalized spacial score (nSPS) is 10.4. The van der Waals surface area contributed by atoms with Crippen LogP contribution < -0.4 is 19.5 Å². The molecule has 0 radical (unpaired) electrons. The largest absolute Gasteiger partial charge is 0.497 e. The van der Waals surface area contributed by atoms with Crippen molar-refractivity contribution in [3.8, 4) is 22.9 Å². The van der Waals surface area contributed by atoms with E-state index >= 15 is 0 Å². The molecule has 0 bridgehead atoms. The van der Waals surface area contributed by atoms with Crippen molar-refractivity contribution >= 4 is 11.6 Å². The van der Waals surface area contributed by atoms with Gasteiger partial charge in [-0.1, -0.05) is 5.21 Å². The molecule has 8 nitrogen and oxygen atoms in total. The minimum absolute atomic E-state index is 0.237. The number of benzene rings is 2. The summed E-state index contributed by atoms with van der Waals surface area (Å²) >= 11 is 0. The standard InChI is InChI=1S/C19H20N4O4/c1-12-18(21-22-23(12)14-6-8-15(25-2)9-7-14)19(24)20-13-5-10-16(26-3)17(11-13)27-4/h5-11H,1-4H3,(H,20,24). The van der Waals surface area contributed by atoms with E-state index in [0.717, 1.165) is 11.4 Å². The van der Waals surface area contributed by atoms with Gasteiger partial charge in [-0.2, -0.15) is 0 Å². The summed E-state index contributed by atoms with van der Waals surface area (Å²) < 4.78 is 17.2. The van der Waals surface area contributed by atoms with Gasteiger partial charge in [0.05, 0.1) is 32.7 Å². The molecule has 0 spiro atoms. The van der Waals surface area contributed by atoms with Crippen molar-refractivity contribution in [3.63, 3.8) is 0 Å². The van der Waals surface area contributed by atoms with Crippen LogP contribution in [0.5, 0.6) is 17.2 Å². The highest BCUT2D eigenvalue weighted by molar-refractivity contribution is 6.03. The van der Waals surface area contributed by atoms with Crippen LogP contribution in [0.1, 0.15) is 16.2 Å². The van der Waals surface area contributed by atoms with Crippen LogP contribution in [0.3, 0.4) is 0 Å². The zero-order chi connectivity index (χ0) is 19.4.